The van der Waals surface area contributed by atoms with Gasteiger partial charge >= 0.3 is 0 Å². The number of hydrogen-bond donors (Lipinski definition) is 8. The van der Waals surface area contributed by atoms with Crippen LogP contribution in [0, 0.1) is 0 Å². The van der Waals surface area contributed by atoms with Gasteiger partial charge in [0.15, 0.2) is 23.0 Å². The van der Waals surface area contributed by atoms with Crippen molar-refractivity contribution in [1.82, 2.24) is 0 Å². The largest absolute Gasteiger partial charge is 0.507 e. The van der Waals surface area contributed by atoms with Crippen molar-refractivity contribution in [2.75, 3.05) is 0 Å². The lowest BCUT2D eigenvalue weighted by molar-refractivity contribution is -0.104. The number of phenolic OH excluding ortho intramolecular Hbond substituents is 8. The zero-order valence-corrected chi connectivity index (χ0v) is 19.0. The summed E-state index contributed by atoms with van der Waals surface area (Å²) in [5.74, 6) is -11.0. The molecule has 0 aliphatic carbocycles. The molecule has 0 aliphatic rings. The molecule has 0 heterocycles. The Labute approximate surface area is 212 Å². The summed E-state index contributed by atoms with van der Waals surface area (Å²) in [5, 5.41) is 81.5. The van der Waals surface area contributed by atoms with Crippen molar-refractivity contribution in [2.45, 2.75) is 0 Å². The van der Waals surface area contributed by atoms with E-state index in [1.165, 1.54) is 48.5 Å². The molecule has 38 heavy (non-hydrogen) atoms. The first-order valence-corrected chi connectivity index (χ1v) is 10.6. The van der Waals surface area contributed by atoms with Gasteiger partial charge in [-0.15, -0.1) is 0 Å². The van der Waals surface area contributed by atoms with Crippen LogP contribution in [0.2, 0.25) is 0 Å². The van der Waals surface area contributed by atoms with Gasteiger partial charge in [-0.2, -0.15) is 0 Å². The van der Waals surface area contributed by atoms with E-state index in [9.17, 15) is 50.4 Å². The molecule has 0 amide bonds. The van der Waals surface area contributed by atoms with E-state index in [1.807, 2.05) is 0 Å². The van der Waals surface area contributed by atoms with Crippen LogP contribution in [0.4, 0.5) is 0 Å². The maximum absolute atomic E-state index is 13.0. The van der Waals surface area contributed by atoms with Gasteiger partial charge in [0.1, 0.15) is 28.4 Å². The second-order valence-corrected chi connectivity index (χ2v) is 7.79. The molecule has 0 radical (unpaired) electrons. The molecule has 0 aromatic heterocycles. The Hall–Kier alpha value is -5.78. The molecule has 4 aromatic carbocycles. The fraction of sp³-hybridized carbons (Fsp3) is 0. The average Bonchev–Trinajstić information content (AvgIpc) is 2.88. The average molecular weight is 522 g/mol. The molecule has 4 aromatic rings. The second kappa shape index (κ2) is 9.70. The van der Waals surface area contributed by atoms with Crippen LogP contribution in [0.15, 0.2) is 60.7 Å². The maximum atomic E-state index is 13.0. The molecular weight excluding hydrogens is 504 g/mol. The van der Waals surface area contributed by atoms with Crippen LogP contribution >= 0.6 is 0 Å². The van der Waals surface area contributed by atoms with Crippen LogP contribution in [0.1, 0.15) is 31.8 Å². The summed E-state index contributed by atoms with van der Waals surface area (Å²) in [6, 6.07) is 11.6. The van der Waals surface area contributed by atoms with Crippen molar-refractivity contribution < 1.29 is 60.2 Å². The number of ketones is 2. The fourth-order valence-corrected chi connectivity index (χ4v) is 3.51. The second-order valence-electron chi connectivity index (χ2n) is 7.79. The third kappa shape index (κ3) is 4.33. The van der Waals surface area contributed by atoms with Gasteiger partial charge in [-0.25, -0.2) is 0 Å². The Morgan fingerprint density at radius 3 is 1.55 bits per heavy atom. The molecule has 0 atom stereocenters. The lowest BCUT2D eigenvalue weighted by atomic mass is 9.99. The van der Waals surface area contributed by atoms with Crippen LogP contribution < -0.4 is 9.78 Å². The first kappa shape index (κ1) is 25.3. The van der Waals surface area contributed by atoms with Crippen molar-refractivity contribution in [2.24, 2.45) is 0 Å². The lowest BCUT2D eigenvalue weighted by Gasteiger charge is -2.16. The summed E-state index contributed by atoms with van der Waals surface area (Å²) in [6.45, 7) is 0. The minimum Gasteiger partial charge on any atom is -0.507 e. The predicted molar refractivity (Wildman–Crippen MR) is 127 cm³/mol. The van der Waals surface area contributed by atoms with E-state index in [0.29, 0.717) is 12.1 Å². The summed E-state index contributed by atoms with van der Waals surface area (Å²) in [4.78, 5) is 35.8. The van der Waals surface area contributed by atoms with Crippen LogP contribution in [0.25, 0.3) is 0 Å². The Kier molecular flexibility index (Phi) is 6.46. The van der Waals surface area contributed by atoms with Gasteiger partial charge in [-0.1, -0.05) is 24.3 Å². The van der Waals surface area contributed by atoms with E-state index in [-0.39, 0.29) is 11.1 Å². The first-order chi connectivity index (χ1) is 18.0. The number of para-hydroxylation sites is 2. The Morgan fingerprint density at radius 2 is 1.00 bits per heavy atom. The van der Waals surface area contributed by atoms with E-state index in [2.05, 4.69) is 0 Å². The third-order valence-corrected chi connectivity index (χ3v) is 5.40. The highest BCUT2D eigenvalue weighted by atomic mass is 17.2. The number of hydrogen-bond acceptors (Lipinski definition) is 12. The van der Waals surface area contributed by atoms with Gasteiger partial charge in [-0.3, -0.25) is 19.4 Å². The number of carbonyl (C=O) groups excluding carboxylic acids is 2. The molecule has 0 unspecified atom stereocenters. The van der Waals surface area contributed by atoms with Gasteiger partial charge in [0, 0.05) is 12.1 Å². The van der Waals surface area contributed by atoms with E-state index in [1.54, 1.807) is 0 Å². The van der Waals surface area contributed by atoms with E-state index in [0.717, 1.165) is 0 Å². The first-order valence-electron chi connectivity index (χ1n) is 10.6. The summed E-state index contributed by atoms with van der Waals surface area (Å²) in [6.07, 6.45) is 0. The topological polar surface area (TPSA) is 214 Å². The molecule has 12 nitrogen and oxygen atoms in total. The molecule has 0 bridgehead atoms. The zero-order chi connectivity index (χ0) is 27.7. The smallest absolute Gasteiger partial charge is 0.238 e. The molecule has 0 saturated heterocycles. The van der Waals surface area contributed by atoms with Crippen LogP contribution in [-0.4, -0.2) is 52.4 Å². The molecule has 0 aliphatic heterocycles. The fourth-order valence-electron chi connectivity index (χ4n) is 3.51. The quantitative estimate of drug-likeness (QED) is 0.0577. The SMILES string of the molecule is O=C(c1ccccc1O)c1c(O)c(O)cc(OOc2c(O)c(O)cc(O)c2C(=O)c2ccccc2O)c1O. The molecule has 12 heteroatoms. The van der Waals surface area contributed by atoms with Gasteiger partial charge in [0.05, 0.1) is 11.1 Å². The summed E-state index contributed by atoms with van der Waals surface area (Å²) in [7, 11) is 0. The number of carbonyl (C=O) groups is 2. The monoisotopic (exact) mass is 522 g/mol. The van der Waals surface area contributed by atoms with Crippen molar-refractivity contribution >= 4 is 11.6 Å². The molecule has 8 N–H and O–H groups in total. The number of aromatic hydroxyl groups is 8. The van der Waals surface area contributed by atoms with Gasteiger partial charge < -0.3 is 40.9 Å². The Balaban J connectivity index is 1.78. The molecule has 0 fully saturated rings. The minimum absolute atomic E-state index is 0.321. The normalized spacial score (nSPS) is 10.6. The molecule has 0 spiro atoms. The van der Waals surface area contributed by atoms with Gasteiger partial charge in [0.25, 0.3) is 0 Å². The lowest BCUT2D eigenvalue weighted by Crippen LogP contribution is -2.10. The highest BCUT2D eigenvalue weighted by molar-refractivity contribution is 6.15. The Bertz CT molecular complexity index is 1590. The van der Waals surface area contributed by atoms with Crippen molar-refractivity contribution in [3.8, 4) is 57.5 Å². The molecule has 194 valence electrons. The maximum Gasteiger partial charge on any atom is 0.238 e. The van der Waals surface area contributed by atoms with Gasteiger partial charge in [0.2, 0.25) is 28.8 Å². The van der Waals surface area contributed by atoms with Gasteiger partial charge in [-0.05, 0) is 24.3 Å². The minimum atomic E-state index is -1.12. The molecule has 0 saturated carbocycles. The molecule has 4 rings (SSSR count). The van der Waals surface area contributed by atoms with Crippen molar-refractivity contribution in [3.63, 3.8) is 0 Å². The van der Waals surface area contributed by atoms with Crippen molar-refractivity contribution in [3.05, 3.63) is 82.9 Å². The zero-order valence-electron chi connectivity index (χ0n) is 19.0. The predicted octanol–water partition coefficient (Wildman–Crippen LogP) is 3.17. The van der Waals surface area contributed by atoms with Crippen LogP contribution in [0.3, 0.4) is 0 Å². The molecular formula is C26H18O12. The number of phenols is 8. The summed E-state index contributed by atoms with van der Waals surface area (Å²) >= 11 is 0. The van der Waals surface area contributed by atoms with E-state index in [4.69, 9.17) is 9.78 Å². The van der Waals surface area contributed by atoms with Crippen LogP contribution in [0.5, 0.6) is 57.5 Å². The Morgan fingerprint density at radius 1 is 0.500 bits per heavy atom. The highest BCUT2D eigenvalue weighted by Gasteiger charge is 2.30. The van der Waals surface area contributed by atoms with Crippen LogP contribution in [-0.2, 0) is 0 Å². The number of benzene rings is 4. The highest BCUT2D eigenvalue weighted by Crippen LogP contribution is 2.47. The van der Waals surface area contributed by atoms with Crippen molar-refractivity contribution in [1.29, 1.82) is 0 Å². The standard InChI is InChI=1S/C26H18O12/c27-13-7-3-1-5-11(13)21(32)19-15(29)9-16(30)24(35)26(19)38-37-18-10-17(31)23(34)20(25(18)36)22(33)12-6-2-4-8-14(12)28/h1-10,27-31,34-36H. The summed E-state index contributed by atoms with van der Waals surface area (Å²) in [5.41, 5.74) is -2.33. The van der Waals surface area contributed by atoms with E-state index < -0.39 is 80.2 Å². The number of rotatable bonds is 7. The summed E-state index contributed by atoms with van der Waals surface area (Å²) < 4.78 is 0. The third-order valence-electron chi connectivity index (χ3n) is 5.40. The van der Waals surface area contributed by atoms with E-state index >= 15 is 0 Å².